The number of hydrogen-bond donors (Lipinski definition) is 1. The summed E-state index contributed by atoms with van der Waals surface area (Å²) in [6.07, 6.45) is 4.36. The minimum Gasteiger partial charge on any atom is -0.465 e. The van der Waals surface area contributed by atoms with Crippen LogP contribution in [-0.2, 0) is 15.9 Å². The predicted molar refractivity (Wildman–Crippen MR) is 108 cm³/mol. The number of methoxy groups -OCH3 is 1. The molecule has 0 amide bonds. The molecule has 0 atom stereocenters. The number of hydrogen-bond acceptors (Lipinski definition) is 4. The Bertz CT molecular complexity index is 595. The molecule has 0 saturated carbocycles. The monoisotopic (exact) mass is 375 g/mol. The van der Waals surface area contributed by atoms with Crippen molar-refractivity contribution in [2.24, 2.45) is 10.9 Å². The van der Waals surface area contributed by atoms with Crippen LogP contribution in [0.4, 0.5) is 0 Å². The lowest BCUT2D eigenvalue weighted by molar-refractivity contribution is 0.0600. The van der Waals surface area contributed by atoms with Crippen LogP contribution >= 0.6 is 0 Å². The van der Waals surface area contributed by atoms with Crippen LogP contribution in [0.15, 0.2) is 29.3 Å². The maximum absolute atomic E-state index is 11.5. The van der Waals surface area contributed by atoms with Gasteiger partial charge in [0.1, 0.15) is 0 Å². The van der Waals surface area contributed by atoms with E-state index in [9.17, 15) is 4.79 Å². The number of nitrogens with zero attached hydrogens (tertiary/aromatic N) is 2. The van der Waals surface area contributed by atoms with Gasteiger partial charge in [-0.3, -0.25) is 4.99 Å². The van der Waals surface area contributed by atoms with Crippen LogP contribution in [0.1, 0.15) is 42.1 Å². The van der Waals surface area contributed by atoms with Gasteiger partial charge >= 0.3 is 5.97 Å². The predicted octanol–water partition coefficient (Wildman–Crippen LogP) is 2.73. The van der Waals surface area contributed by atoms with E-state index in [1.54, 1.807) is 12.1 Å². The summed E-state index contributed by atoms with van der Waals surface area (Å²) in [6, 6.07) is 7.53. The Balaban J connectivity index is 1.83. The number of rotatable bonds is 8. The van der Waals surface area contributed by atoms with E-state index in [0.717, 1.165) is 50.2 Å². The van der Waals surface area contributed by atoms with Gasteiger partial charge in [-0.05, 0) is 56.2 Å². The lowest BCUT2D eigenvalue weighted by Gasteiger charge is -2.26. The molecule has 0 aliphatic carbocycles. The van der Waals surface area contributed by atoms with Gasteiger partial charge < -0.3 is 19.7 Å². The number of aliphatic imine (C=N–C) groups is 1. The van der Waals surface area contributed by atoms with E-state index in [2.05, 4.69) is 24.2 Å². The average molecular weight is 376 g/mol. The highest BCUT2D eigenvalue weighted by Crippen LogP contribution is 2.18. The van der Waals surface area contributed by atoms with E-state index < -0.39 is 0 Å². The van der Waals surface area contributed by atoms with Crippen LogP contribution in [0.5, 0.6) is 0 Å². The van der Waals surface area contributed by atoms with Crippen LogP contribution in [-0.4, -0.2) is 63.8 Å². The molecule has 0 bridgehead atoms. The molecule has 0 spiro atoms. The van der Waals surface area contributed by atoms with Crippen molar-refractivity contribution in [1.82, 2.24) is 10.2 Å². The number of carbonyl (C=O) groups excluding carboxylic acids is 1. The summed E-state index contributed by atoms with van der Waals surface area (Å²) >= 11 is 0. The second-order valence-electron chi connectivity index (χ2n) is 6.94. The maximum atomic E-state index is 11.5. The van der Waals surface area contributed by atoms with Gasteiger partial charge in [0.15, 0.2) is 5.96 Å². The highest BCUT2D eigenvalue weighted by molar-refractivity contribution is 5.89. The van der Waals surface area contributed by atoms with Crippen molar-refractivity contribution in [3.63, 3.8) is 0 Å². The van der Waals surface area contributed by atoms with Crippen molar-refractivity contribution in [2.45, 2.75) is 32.6 Å². The van der Waals surface area contributed by atoms with Gasteiger partial charge in [-0.25, -0.2) is 4.79 Å². The Hall–Kier alpha value is -2.08. The fourth-order valence-electron chi connectivity index (χ4n) is 3.20. The number of ether oxygens (including phenoxy) is 2. The van der Waals surface area contributed by atoms with Crippen molar-refractivity contribution in [3.8, 4) is 0 Å². The molecule has 1 saturated heterocycles. The van der Waals surface area contributed by atoms with Crippen molar-refractivity contribution in [3.05, 3.63) is 35.4 Å². The Morgan fingerprint density at radius 2 is 2.00 bits per heavy atom. The molecule has 1 aromatic rings. The maximum Gasteiger partial charge on any atom is 0.337 e. The van der Waals surface area contributed by atoms with Gasteiger partial charge in [-0.2, -0.15) is 0 Å². The van der Waals surface area contributed by atoms with Crippen LogP contribution in [0.2, 0.25) is 0 Å². The molecule has 1 fully saturated rings. The standard InChI is InChI=1S/C21H33N3O3/c1-4-22-21(24(2)14-10-18-11-15-27-16-12-18)23-13-9-17-5-7-19(8-6-17)20(25)26-3/h5-8,18H,4,9-16H2,1-3H3,(H,22,23). The highest BCUT2D eigenvalue weighted by atomic mass is 16.5. The second-order valence-corrected chi connectivity index (χ2v) is 6.94. The summed E-state index contributed by atoms with van der Waals surface area (Å²) in [7, 11) is 3.50. The third-order valence-electron chi connectivity index (χ3n) is 4.95. The summed E-state index contributed by atoms with van der Waals surface area (Å²) in [5, 5.41) is 3.38. The Kier molecular flexibility index (Phi) is 9.11. The Labute approximate surface area is 162 Å². The van der Waals surface area contributed by atoms with Crippen molar-refractivity contribution < 1.29 is 14.3 Å². The molecule has 1 heterocycles. The zero-order valence-electron chi connectivity index (χ0n) is 16.9. The van der Waals surface area contributed by atoms with Crippen LogP contribution in [0.3, 0.4) is 0 Å². The summed E-state index contributed by atoms with van der Waals surface area (Å²) in [5.74, 6) is 1.41. The fraction of sp³-hybridized carbons (Fsp3) is 0.619. The van der Waals surface area contributed by atoms with Crippen LogP contribution in [0, 0.1) is 5.92 Å². The number of nitrogens with one attached hydrogen (secondary N) is 1. The molecule has 1 aromatic carbocycles. The Morgan fingerprint density at radius 1 is 1.30 bits per heavy atom. The topological polar surface area (TPSA) is 63.2 Å². The smallest absolute Gasteiger partial charge is 0.337 e. The molecular weight excluding hydrogens is 342 g/mol. The minimum atomic E-state index is -0.305. The third kappa shape index (κ3) is 7.21. The molecule has 0 radical (unpaired) electrons. The number of esters is 1. The van der Waals surface area contributed by atoms with E-state index in [-0.39, 0.29) is 5.97 Å². The minimum absolute atomic E-state index is 0.305. The van der Waals surface area contributed by atoms with Gasteiger partial charge in [0, 0.05) is 39.9 Å². The van der Waals surface area contributed by atoms with E-state index in [0.29, 0.717) is 12.1 Å². The summed E-state index contributed by atoms with van der Waals surface area (Å²) < 4.78 is 10.2. The molecule has 1 aliphatic heterocycles. The number of carbonyl (C=O) groups is 1. The van der Waals surface area contributed by atoms with Crippen LogP contribution < -0.4 is 5.32 Å². The molecule has 1 aliphatic rings. The third-order valence-corrected chi connectivity index (χ3v) is 4.95. The van der Waals surface area contributed by atoms with Crippen molar-refractivity contribution >= 4 is 11.9 Å². The lowest BCUT2D eigenvalue weighted by Crippen LogP contribution is -2.40. The molecule has 150 valence electrons. The van der Waals surface area contributed by atoms with Gasteiger partial charge in [0.2, 0.25) is 0 Å². The summed E-state index contributed by atoms with van der Waals surface area (Å²) in [5.41, 5.74) is 1.73. The molecular formula is C21H33N3O3. The van der Waals surface area contributed by atoms with Gasteiger partial charge in [-0.15, -0.1) is 0 Å². The van der Waals surface area contributed by atoms with E-state index >= 15 is 0 Å². The number of benzene rings is 1. The molecule has 6 heteroatoms. The molecule has 1 N–H and O–H groups in total. The van der Waals surface area contributed by atoms with E-state index in [1.165, 1.54) is 26.4 Å². The van der Waals surface area contributed by atoms with E-state index in [1.807, 2.05) is 12.1 Å². The molecule has 27 heavy (non-hydrogen) atoms. The SMILES string of the molecule is CCNC(=NCCc1ccc(C(=O)OC)cc1)N(C)CCC1CCOCC1. The number of guanidine groups is 1. The average Bonchev–Trinajstić information content (AvgIpc) is 2.72. The molecule has 2 rings (SSSR count). The van der Waals surface area contributed by atoms with Crippen LogP contribution in [0.25, 0.3) is 0 Å². The molecule has 0 unspecified atom stereocenters. The lowest BCUT2D eigenvalue weighted by atomic mass is 9.96. The van der Waals surface area contributed by atoms with E-state index in [4.69, 9.17) is 14.5 Å². The van der Waals surface area contributed by atoms with Gasteiger partial charge in [0.25, 0.3) is 0 Å². The summed E-state index contributed by atoms with van der Waals surface area (Å²) in [4.78, 5) is 18.5. The second kappa shape index (κ2) is 11.6. The first kappa shape index (κ1) is 21.2. The zero-order chi connectivity index (χ0) is 19.5. The van der Waals surface area contributed by atoms with Crippen molar-refractivity contribution in [2.75, 3.05) is 47.0 Å². The van der Waals surface area contributed by atoms with Gasteiger partial charge in [-0.1, -0.05) is 12.1 Å². The largest absolute Gasteiger partial charge is 0.465 e. The molecule has 6 nitrogen and oxygen atoms in total. The fourth-order valence-corrected chi connectivity index (χ4v) is 3.20. The first-order valence-electron chi connectivity index (χ1n) is 9.88. The highest BCUT2D eigenvalue weighted by Gasteiger charge is 2.15. The van der Waals surface area contributed by atoms with Crippen molar-refractivity contribution in [1.29, 1.82) is 0 Å². The summed E-state index contributed by atoms with van der Waals surface area (Å²) in [6.45, 7) is 6.46. The first-order valence-corrected chi connectivity index (χ1v) is 9.88. The zero-order valence-corrected chi connectivity index (χ0v) is 16.9. The van der Waals surface area contributed by atoms with Gasteiger partial charge in [0.05, 0.1) is 12.7 Å². The normalized spacial score (nSPS) is 15.4. The quantitative estimate of drug-likeness (QED) is 0.430. The Morgan fingerprint density at radius 3 is 2.63 bits per heavy atom. The first-order chi connectivity index (χ1) is 13.1. The molecule has 0 aromatic heterocycles.